The number of carbonyl (C=O) groups is 6. The van der Waals surface area contributed by atoms with Crippen molar-refractivity contribution in [2.24, 2.45) is 11.8 Å². The Balaban J connectivity index is 1.37. The number of hydrogen-bond acceptors (Lipinski definition) is 12. The summed E-state index contributed by atoms with van der Waals surface area (Å²) in [5.74, 6) is -2.01. The largest absolute Gasteiger partial charge is 0.496 e. The maximum atomic E-state index is 14.3. The monoisotopic (exact) mass is 838 g/mol. The van der Waals surface area contributed by atoms with E-state index in [2.05, 4.69) is 5.32 Å². The third-order valence-electron chi connectivity index (χ3n) is 12.6. The van der Waals surface area contributed by atoms with Crippen LogP contribution in [0.3, 0.4) is 0 Å². The fourth-order valence-corrected chi connectivity index (χ4v) is 8.46. The molecule has 1 aromatic carbocycles. The highest BCUT2D eigenvalue weighted by Gasteiger charge is 2.64. The number of epoxide rings is 1. The van der Waals surface area contributed by atoms with Crippen LogP contribution in [0.25, 0.3) is 0 Å². The smallest absolute Gasteiger partial charge is 0.409 e. The minimum atomic E-state index is -1.84. The lowest BCUT2D eigenvalue weighted by Gasteiger charge is -2.42. The lowest BCUT2D eigenvalue weighted by atomic mass is 9.83. The molecule has 4 heterocycles. The van der Waals surface area contributed by atoms with E-state index >= 15 is 0 Å². The van der Waals surface area contributed by atoms with Crippen molar-refractivity contribution in [3.63, 3.8) is 0 Å². The molecule has 0 aliphatic carbocycles. The molecule has 3 saturated heterocycles. The molecule has 5 rings (SSSR count). The fraction of sp³-hybridized carbons (Fsp3) is 0.636. The van der Waals surface area contributed by atoms with Gasteiger partial charge in [-0.1, -0.05) is 44.1 Å². The Kier molecular flexibility index (Phi) is 14.5. The Morgan fingerprint density at radius 1 is 1.07 bits per heavy atom. The molecule has 2 N–H and O–H groups in total. The van der Waals surface area contributed by atoms with Crippen LogP contribution < -0.4 is 15.0 Å². The summed E-state index contributed by atoms with van der Waals surface area (Å²) < 4.78 is 29.5. The lowest BCUT2D eigenvalue weighted by Crippen LogP contribution is -2.63. The molecular weight excluding hydrogens is 776 g/mol. The zero-order chi connectivity index (χ0) is 44.3. The number of nitrogens with one attached hydrogen (secondary N) is 1. The zero-order valence-electron chi connectivity index (χ0n) is 36.6. The summed E-state index contributed by atoms with van der Waals surface area (Å²) in [4.78, 5) is 82.8. The van der Waals surface area contributed by atoms with Crippen LogP contribution in [0, 0.1) is 18.8 Å². The fourth-order valence-electron chi connectivity index (χ4n) is 8.46. The number of rotatable bonds is 11. The van der Waals surface area contributed by atoms with E-state index in [0.29, 0.717) is 43.7 Å². The van der Waals surface area contributed by atoms with Gasteiger partial charge >= 0.3 is 12.1 Å². The minimum Gasteiger partial charge on any atom is -0.496 e. The van der Waals surface area contributed by atoms with Gasteiger partial charge in [-0.05, 0) is 64.7 Å². The number of unbranched alkanes of at least 4 members (excludes halogenated alkanes) is 2. The SMILES string of the molecule is COc1cc2cc(c1C)N(C)C(=O)CC(OC(=O)[C@H](C)N(C)C(=O)CCCCCN1C(=O)CC(C)C1=O)[C@]1(C)OC1[C@H](C)[C@@H]1C[C@@](O)(NC(=O)O1)[C@H](OC)/C=C/C=C(\C)C2. The number of alkyl carbamates (subject to hydrolysis) is 1. The first-order valence-electron chi connectivity index (χ1n) is 20.7. The van der Waals surface area contributed by atoms with E-state index in [9.17, 15) is 33.9 Å². The number of esters is 1. The van der Waals surface area contributed by atoms with Crippen LogP contribution in [0.15, 0.2) is 35.9 Å². The van der Waals surface area contributed by atoms with Crippen LogP contribution in [0.5, 0.6) is 5.75 Å². The first-order valence-corrected chi connectivity index (χ1v) is 20.7. The van der Waals surface area contributed by atoms with E-state index in [1.165, 1.54) is 28.9 Å². The van der Waals surface area contributed by atoms with Gasteiger partial charge in [0.2, 0.25) is 23.6 Å². The highest BCUT2D eigenvalue weighted by molar-refractivity contribution is 6.03. The van der Waals surface area contributed by atoms with Gasteiger partial charge < -0.3 is 38.6 Å². The van der Waals surface area contributed by atoms with Crippen molar-refractivity contribution in [2.75, 3.05) is 39.8 Å². The van der Waals surface area contributed by atoms with Gasteiger partial charge in [0, 0.05) is 64.4 Å². The Morgan fingerprint density at radius 3 is 2.43 bits per heavy atom. The van der Waals surface area contributed by atoms with Gasteiger partial charge in [-0.25, -0.2) is 9.59 Å². The van der Waals surface area contributed by atoms with Crippen molar-refractivity contribution in [3.05, 3.63) is 47.1 Å². The van der Waals surface area contributed by atoms with Crippen molar-refractivity contribution >= 4 is 41.4 Å². The third-order valence-corrected chi connectivity index (χ3v) is 12.6. The lowest BCUT2D eigenvalue weighted by molar-refractivity contribution is -0.162. The number of likely N-dealkylation sites (N-methyl/N-ethyl adjacent to an activating group) is 1. The minimum absolute atomic E-state index is 0.0595. The molecule has 0 spiro atoms. The van der Waals surface area contributed by atoms with Crippen molar-refractivity contribution in [1.29, 1.82) is 0 Å². The van der Waals surface area contributed by atoms with Crippen LogP contribution in [0.2, 0.25) is 0 Å². The molecule has 0 radical (unpaired) electrons. The number of nitrogens with zero attached hydrogens (tertiary/aromatic N) is 3. The standard InChI is InChI=1S/C44H62N4O12/c1-25-15-14-16-34(57-10)44(55)24-33(58-42(54)45-44)28(4)39-43(6,60-39)35(23-37(50)47(8)31-21-30(19-25)22-32(56-9)27(31)3)59-41(53)29(5)46(7)36(49)17-12-11-13-18-48-38(51)20-26(2)40(48)52/h14-16,21-22,26,28-29,33-35,39,55H,11-13,17-20,23-24H2,1-10H3,(H,45,54)/b16-14+,25-15+/t26?,28-,29+,33+,34-,35?,39?,43+,44+/m1/s1. The van der Waals surface area contributed by atoms with Gasteiger partial charge in [0.1, 0.15) is 35.7 Å². The quantitative estimate of drug-likeness (QED) is 0.140. The number of amides is 5. The average molecular weight is 839 g/mol. The number of imide groups is 1. The van der Waals surface area contributed by atoms with E-state index in [1.54, 1.807) is 54.0 Å². The molecule has 4 aliphatic heterocycles. The predicted molar refractivity (Wildman–Crippen MR) is 220 cm³/mol. The molecule has 3 fully saturated rings. The van der Waals surface area contributed by atoms with Gasteiger partial charge in [-0.15, -0.1) is 0 Å². The van der Waals surface area contributed by atoms with Crippen molar-refractivity contribution in [3.8, 4) is 5.75 Å². The van der Waals surface area contributed by atoms with E-state index in [1.807, 2.05) is 32.1 Å². The van der Waals surface area contributed by atoms with E-state index in [-0.39, 0.29) is 55.2 Å². The molecular formula is C44H62N4O12. The topological polar surface area (TPSA) is 194 Å². The molecule has 1 aromatic rings. The van der Waals surface area contributed by atoms with E-state index < -0.39 is 59.8 Å². The summed E-state index contributed by atoms with van der Waals surface area (Å²) in [6, 6.07) is 2.80. The molecule has 4 aliphatic rings. The molecule has 60 heavy (non-hydrogen) atoms. The molecule has 9 atom stereocenters. The maximum absolute atomic E-state index is 14.3. The third kappa shape index (κ3) is 10.0. The molecule has 3 unspecified atom stereocenters. The average Bonchev–Trinajstić information content (AvgIpc) is 3.83. The van der Waals surface area contributed by atoms with E-state index in [0.717, 1.165) is 16.7 Å². The Bertz CT molecular complexity index is 1900. The number of anilines is 1. The van der Waals surface area contributed by atoms with Gasteiger partial charge in [0.15, 0.2) is 5.72 Å². The van der Waals surface area contributed by atoms with Crippen molar-refractivity contribution < 1.29 is 57.6 Å². The van der Waals surface area contributed by atoms with Crippen LogP contribution >= 0.6 is 0 Å². The molecule has 0 saturated carbocycles. The summed E-state index contributed by atoms with van der Waals surface area (Å²) in [6.07, 6.45) is 3.02. The van der Waals surface area contributed by atoms with Crippen LogP contribution in [-0.4, -0.2) is 127 Å². The van der Waals surface area contributed by atoms with Crippen LogP contribution in [-0.2, 0) is 49.3 Å². The number of fused-ring (bicyclic) bond motifs is 5. The number of allylic oxidation sites excluding steroid dienone is 3. The summed E-state index contributed by atoms with van der Waals surface area (Å²) in [6.45, 7) is 10.9. The Morgan fingerprint density at radius 2 is 1.78 bits per heavy atom. The van der Waals surface area contributed by atoms with Gasteiger partial charge in [-0.3, -0.25) is 29.4 Å². The Hall–Kier alpha value is -4.80. The van der Waals surface area contributed by atoms with Gasteiger partial charge in [0.05, 0.1) is 25.3 Å². The predicted octanol–water partition coefficient (Wildman–Crippen LogP) is 4.12. The van der Waals surface area contributed by atoms with Gasteiger partial charge in [0.25, 0.3) is 0 Å². The van der Waals surface area contributed by atoms with Crippen molar-refractivity contribution in [2.45, 2.75) is 135 Å². The second kappa shape index (κ2) is 18.9. The Labute approximate surface area is 352 Å². The number of hydrogen-bond donors (Lipinski definition) is 2. The first kappa shape index (κ1) is 46.3. The molecule has 0 aromatic heterocycles. The summed E-state index contributed by atoms with van der Waals surface area (Å²) in [7, 11) is 6.15. The second-order valence-electron chi connectivity index (χ2n) is 17.0. The van der Waals surface area contributed by atoms with Crippen LogP contribution in [0.1, 0.15) is 90.7 Å². The number of carbonyl (C=O) groups excluding carboxylic acids is 6. The number of methoxy groups -OCH3 is 2. The van der Waals surface area contributed by atoms with Crippen LogP contribution in [0.4, 0.5) is 10.5 Å². The number of likely N-dealkylation sites (tertiary alicyclic amines) is 1. The van der Waals surface area contributed by atoms with E-state index in [4.69, 9.17) is 23.7 Å². The highest BCUT2D eigenvalue weighted by Crippen LogP contribution is 2.49. The number of aliphatic hydroxyl groups is 1. The molecule has 16 nitrogen and oxygen atoms in total. The summed E-state index contributed by atoms with van der Waals surface area (Å²) in [5, 5.41) is 14.3. The van der Waals surface area contributed by atoms with Crippen molar-refractivity contribution in [1.82, 2.24) is 15.1 Å². The highest BCUT2D eigenvalue weighted by atomic mass is 16.7. The molecule has 5 amide bonds. The molecule has 16 heteroatoms. The number of ether oxygens (including phenoxy) is 5. The number of benzene rings is 1. The normalized spacial score (nSPS) is 31.6. The summed E-state index contributed by atoms with van der Waals surface area (Å²) >= 11 is 0. The second-order valence-corrected chi connectivity index (χ2v) is 17.0. The zero-order valence-corrected chi connectivity index (χ0v) is 36.6. The summed E-state index contributed by atoms with van der Waals surface area (Å²) in [5.41, 5.74) is 0.104. The first-order chi connectivity index (χ1) is 28.2. The maximum Gasteiger partial charge on any atom is 0.409 e. The molecule has 330 valence electrons. The van der Waals surface area contributed by atoms with Gasteiger partial charge in [-0.2, -0.15) is 0 Å². The molecule has 4 bridgehead atoms.